The Hall–Kier alpha value is -3.23. The lowest BCUT2D eigenvalue weighted by atomic mass is 10.2. The zero-order valence-corrected chi connectivity index (χ0v) is 20.5. The van der Waals surface area contributed by atoms with E-state index in [0.717, 1.165) is 31.2 Å². The molecule has 0 aliphatic carbocycles. The zero-order valence-electron chi connectivity index (χ0n) is 17.4. The van der Waals surface area contributed by atoms with Crippen molar-refractivity contribution in [3.8, 4) is 11.5 Å². The number of carbonyl (C=O) groups excluding carboxylic acids is 1. The fourth-order valence-electron chi connectivity index (χ4n) is 3.00. The molecule has 0 fully saturated rings. The standard InChI is InChI=1S/C25H19Br2N3O3/c26-20-9-8-19(22(27)13-20)15-32-21-10-6-17(7-11-21)14-29-30-24(31)16-33-23-5-1-3-18-4-2-12-28-25(18)23/h1-14H,15-16H2,(H,30,31)/b29-14-. The van der Waals surface area contributed by atoms with Gasteiger partial charge in [-0.05, 0) is 54.1 Å². The molecule has 3 aromatic carbocycles. The van der Waals surface area contributed by atoms with E-state index in [1.165, 1.54) is 0 Å². The van der Waals surface area contributed by atoms with Crippen molar-refractivity contribution in [2.24, 2.45) is 5.10 Å². The molecule has 0 bridgehead atoms. The first-order valence-electron chi connectivity index (χ1n) is 10.0. The molecule has 1 N–H and O–H groups in total. The smallest absolute Gasteiger partial charge is 0.277 e. The van der Waals surface area contributed by atoms with E-state index in [0.29, 0.717) is 17.9 Å². The number of pyridine rings is 1. The summed E-state index contributed by atoms with van der Waals surface area (Å²) >= 11 is 6.97. The third-order valence-corrected chi connectivity index (χ3v) is 5.88. The molecule has 4 rings (SSSR count). The van der Waals surface area contributed by atoms with Gasteiger partial charge in [0.1, 0.15) is 23.6 Å². The van der Waals surface area contributed by atoms with Gasteiger partial charge in [-0.2, -0.15) is 5.10 Å². The lowest BCUT2D eigenvalue weighted by molar-refractivity contribution is -0.123. The zero-order chi connectivity index (χ0) is 23.0. The first kappa shape index (κ1) is 22.9. The molecule has 166 valence electrons. The summed E-state index contributed by atoms with van der Waals surface area (Å²) in [5, 5.41) is 4.94. The molecule has 0 saturated carbocycles. The van der Waals surface area contributed by atoms with E-state index in [1.54, 1.807) is 18.5 Å². The molecule has 0 atom stereocenters. The number of hydrogen-bond acceptors (Lipinski definition) is 5. The molecule has 1 heterocycles. The summed E-state index contributed by atoms with van der Waals surface area (Å²) in [6.45, 7) is 0.287. The van der Waals surface area contributed by atoms with Crippen molar-refractivity contribution in [3.63, 3.8) is 0 Å². The molecule has 0 aliphatic rings. The van der Waals surface area contributed by atoms with Crippen LogP contribution in [0.2, 0.25) is 0 Å². The number of fused-ring (bicyclic) bond motifs is 1. The summed E-state index contributed by atoms with van der Waals surface area (Å²) in [6.07, 6.45) is 3.25. The second kappa shape index (κ2) is 11.1. The molecule has 0 unspecified atom stereocenters. The number of nitrogens with zero attached hydrogens (tertiary/aromatic N) is 2. The number of carbonyl (C=O) groups is 1. The van der Waals surface area contributed by atoms with Crippen LogP contribution in [-0.4, -0.2) is 23.7 Å². The second-order valence-corrected chi connectivity index (χ2v) is 8.78. The highest BCUT2D eigenvalue weighted by atomic mass is 79.9. The highest BCUT2D eigenvalue weighted by molar-refractivity contribution is 9.11. The topological polar surface area (TPSA) is 72.8 Å². The molecule has 0 spiro atoms. The van der Waals surface area contributed by atoms with Crippen molar-refractivity contribution in [1.82, 2.24) is 10.4 Å². The third-order valence-electron chi connectivity index (χ3n) is 4.65. The Bertz CT molecular complexity index is 1290. The Morgan fingerprint density at radius 1 is 1.00 bits per heavy atom. The highest BCUT2D eigenvalue weighted by Crippen LogP contribution is 2.24. The molecule has 1 amide bonds. The normalized spacial score (nSPS) is 11.0. The van der Waals surface area contributed by atoms with Crippen LogP contribution in [0.1, 0.15) is 11.1 Å². The molecular formula is C25H19Br2N3O3. The fourth-order valence-corrected chi connectivity index (χ4v) is 4.16. The van der Waals surface area contributed by atoms with Crippen molar-refractivity contribution in [2.45, 2.75) is 6.61 Å². The van der Waals surface area contributed by atoms with E-state index in [2.05, 4.69) is 47.4 Å². The summed E-state index contributed by atoms with van der Waals surface area (Å²) in [5.41, 5.74) is 5.05. The van der Waals surface area contributed by atoms with Crippen molar-refractivity contribution in [1.29, 1.82) is 0 Å². The minimum Gasteiger partial charge on any atom is -0.489 e. The van der Waals surface area contributed by atoms with E-state index in [4.69, 9.17) is 9.47 Å². The van der Waals surface area contributed by atoms with Gasteiger partial charge < -0.3 is 9.47 Å². The Kier molecular flexibility index (Phi) is 7.70. The first-order chi connectivity index (χ1) is 16.1. The van der Waals surface area contributed by atoms with Crippen LogP contribution in [0.3, 0.4) is 0 Å². The summed E-state index contributed by atoms with van der Waals surface area (Å²) < 4.78 is 13.4. The predicted octanol–water partition coefficient (Wildman–Crippen LogP) is 5.87. The number of nitrogens with one attached hydrogen (secondary N) is 1. The van der Waals surface area contributed by atoms with Gasteiger partial charge >= 0.3 is 0 Å². The van der Waals surface area contributed by atoms with E-state index < -0.39 is 0 Å². The van der Waals surface area contributed by atoms with E-state index in [9.17, 15) is 4.79 Å². The van der Waals surface area contributed by atoms with Gasteiger partial charge in [0.15, 0.2) is 6.61 Å². The second-order valence-electron chi connectivity index (χ2n) is 7.01. The van der Waals surface area contributed by atoms with E-state index >= 15 is 0 Å². The maximum absolute atomic E-state index is 12.1. The molecule has 0 radical (unpaired) electrons. The molecule has 6 nitrogen and oxygen atoms in total. The van der Waals surface area contributed by atoms with E-state index in [1.807, 2.05) is 66.7 Å². The number of amides is 1. The predicted molar refractivity (Wildman–Crippen MR) is 136 cm³/mol. The summed E-state index contributed by atoms with van der Waals surface area (Å²) in [7, 11) is 0. The monoisotopic (exact) mass is 567 g/mol. The Labute approximate surface area is 207 Å². The number of hydrogen-bond donors (Lipinski definition) is 1. The maximum Gasteiger partial charge on any atom is 0.277 e. The summed E-state index contributed by atoms with van der Waals surface area (Å²) in [4.78, 5) is 16.4. The van der Waals surface area contributed by atoms with Gasteiger partial charge in [0.2, 0.25) is 0 Å². The molecule has 0 aliphatic heterocycles. The van der Waals surface area contributed by atoms with Crippen molar-refractivity contribution in [2.75, 3.05) is 6.61 Å². The van der Waals surface area contributed by atoms with Crippen LogP contribution in [0.15, 0.2) is 93.0 Å². The summed E-state index contributed by atoms with van der Waals surface area (Å²) in [6, 6.07) is 22.8. The van der Waals surface area contributed by atoms with Crippen LogP contribution < -0.4 is 14.9 Å². The van der Waals surface area contributed by atoms with Crippen LogP contribution in [0.5, 0.6) is 11.5 Å². The molecule has 33 heavy (non-hydrogen) atoms. The fraction of sp³-hybridized carbons (Fsp3) is 0.0800. The minimum absolute atomic E-state index is 0.161. The van der Waals surface area contributed by atoms with Gasteiger partial charge in [0.05, 0.1) is 6.21 Å². The average Bonchev–Trinajstić information content (AvgIpc) is 2.83. The van der Waals surface area contributed by atoms with Crippen LogP contribution >= 0.6 is 31.9 Å². The number of hydrazone groups is 1. The Morgan fingerprint density at radius 2 is 1.82 bits per heavy atom. The van der Waals surface area contributed by atoms with Gasteiger partial charge in [0, 0.05) is 26.1 Å². The quantitative estimate of drug-likeness (QED) is 0.213. The van der Waals surface area contributed by atoms with Gasteiger partial charge in [0.25, 0.3) is 5.91 Å². The minimum atomic E-state index is -0.362. The Balaban J connectivity index is 1.25. The lowest BCUT2D eigenvalue weighted by Gasteiger charge is -2.08. The first-order valence-corrected chi connectivity index (χ1v) is 11.6. The molecule has 1 aromatic heterocycles. The molecule has 0 saturated heterocycles. The Morgan fingerprint density at radius 3 is 2.64 bits per heavy atom. The number of halogens is 2. The van der Waals surface area contributed by atoms with Gasteiger partial charge in [-0.1, -0.05) is 56.1 Å². The van der Waals surface area contributed by atoms with Crippen LogP contribution in [0, 0.1) is 0 Å². The number of para-hydroxylation sites is 1. The maximum atomic E-state index is 12.1. The largest absolute Gasteiger partial charge is 0.489 e. The van der Waals surface area contributed by atoms with Gasteiger partial charge in [-0.15, -0.1) is 0 Å². The van der Waals surface area contributed by atoms with Gasteiger partial charge in [-0.25, -0.2) is 5.43 Å². The highest BCUT2D eigenvalue weighted by Gasteiger charge is 2.06. The number of rotatable bonds is 8. The number of benzene rings is 3. The van der Waals surface area contributed by atoms with E-state index in [-0.39, 0.29) is 12.5 Å². The summed E-state index contributed by atoms with van der Waals surface area (Å²) in [5.74, 6) is 0.931. The number of ether oxygens (including phenoxy) is 2. The third kappa shape index (κ3) is 6.40. The average molecular weight is 569 g/mol. The van der Waals surface area contributed by atoms with Crippen molar-refractivity contribution >= 4 is 54.9 Å². The van der Waals surface area contributed by atoms with Crippen molar-refractivity contribution in [3.05, 3.63) is 99.1 Å². The number of aromatic nitrogens is 1. The SMILES string of the molecule is O=C(COc1cccc2cccnc12)N/N=C\c1ccc(OCc2ccc(Br)cc2Br)cc1. The van der Waals surface area contributed by atoms with Gasteiger partial charge in [-0.3, -0.25) is 9.78 Å². The van der Waals surface area contributed by atoms with Crippen LogP contribution in [0.4, 0.5) is 0 Å². The van der Waals surface area contributed by atoms with Crippen molar-refractivity contribution < 1.29 is 14.3 Å². The van der Waals surface area contributed by atoms with Crippen LogP contribution in [-0.2, 0) is 11.4 Å². The molecular weight excluding hydrogens is 550 g/mol. The molecule has 8 heteroatoms. The van der Waals surface area contributed by atoms with Crippen LogP contribution in [0.25, 0.3) is 10.9 Å². The molecule has 4 aromatic rings. The lowest BCUT2D eigenvalue weighted by Crippen LogP contribution is -2.24.